The van der Waals surface area contributed by atoms with E-state index in [2.05, 4.69) is 5.32 Å². The van der Waals surface area contributed by atoms with Gasteiger partial charge in [-0.2, -0.15) is 13.2 Å². The first-order valence-electron chi connectivity index (χ1n) is 8.23. The number of ether oxygens (including phenoxy) is 2. The number of hydrogen-bond acceptors (Lipinski definition) is 4. The highest BCUT2D eigenvalue weighted by atomic mass is 35.5. The average molecular weight is 426 g/mol. The van der Waals surface area contributed by atoms with Crippen molar-refractivity contribution >= 4 is 23.2 Å². The number of carbonyl (C=O) groups is 1. The van der Waals surface area contributed by atoms with Crippen molar-refractivity contribution in [2.45, 2.75) is 6.18 Å². The predicted molar refractivity (Wildman–Crippen MR) is 102 cm³/mol. The van der Waals surface area contributed by atoms with Crippen molar-refractivity contribution < 1.29 is 31.9 Å². The number of rotatable bonds is 5. The molecule has 2 aromatic carbocycles. The standard InChI is InChI=1S/C20H15ClF3NO4/c1-27-17-10-18(28-2)14(9-13(17)21)25-19(26)16-7-6-15(29-16)11-4-3-5-12(8-11)20(22,23)24/h3-10H,1-2H3,(H,25,26). The van der Waals surface area contributed by atoms with Crippen molar-refractivity contribution in [2.75, 3.05) is 19.5 Å². The van der Waals surface area contributed by atoms with Crippen LogP contribution in [-0.4, -0.2) is 20.1 Å². The van der Waals surface area contributed by atoms with Gasteiger partial charge in [-0.25, -0.2) is 0 Å². The third-order valence-corrected chi connectivity index (χ3v) is 4.32. The highest BCUT2D eigenvalue weighted by Gasteiger charge is 2.30. The highest BCUT2D eigenvalue weighted by Crippen LogP contribution is 2.36. The first-order valence-corrected chi connectivity index (χ1v) is 8.61. The summed E-state index contributed by atoms with van der Waals surface area (Å²) in [6.45, 7) is 0. The Bertz CT molecular complexity index is 1050. The number of halogens is 4. The average Bonchev–Trinajstić information content (AvgIpc) is 3.18. The van der Waals surface area contributed by atoms with Gasteiger partial charge in [0.05, 0.1) is 30.5 Å². The van der Waals surface area contributed by atoms with Crippen molar-refractivity contribution in [3.8, 4) is 22.8 Å². The van der Waals surface area contributed by atoms with E-state index in [4.69, 9.17) is 25.5 Å². The van der Waals surface area contributed by atoms with Crippen molar-refractivity contribution in [2.24, 2.45) is 0 Å². The molecule has 0 bridgehead atoms. The molecule has 0 spiro atoms. The topological polar surface area (TPSA) is 60.7 Å². The van der Waals surface area contributed by atoms with E-state index < -0.39 is 17.6 Å². The van der Waals surface area contributed by atoms with Gasteiger partial charge in [-0.3, -0.25) is 4.79 Å². The number of hydrogen-bond donors (Lipinski definition) is 1. The van der Waals surface area contributed by atoms with Crippen molar-refractivity contribution in [3.63, 3.8) is 0 Å². The van der Waals surface area contributed by atoms with Crippen LogP contribution in [0.2, 0.25) is 5.02 Å². The SMILES string of the molecule is COc1cc(OC)c(NC(=O)c2ccc(-c3cccc(C(F)(F)F)c3)o2)cc1Cl. The lowest BCUT2D eigenvalue weighted by Crippen LogP contribution is -2.12. The lowest BCUT2D eigenvalue weighted by molar-refractivity contribution is -0.137. The van der Waals surface area contributed by atoms with Crippen LogP contribution in [0.25, 0.3) is 11.3 Å². The number of amides is 1. The Hall–Kier alpha value is -3.13. The second-order valence-electron chi connectivity index (χ2n) is 5.88. The summed E-state index contributed by atoms with van der Waals surface area (Å²) in [7, 11) is 2.86. The molecule has 1 N–H and O–H groups in total. The lowest BCUT2D eigenvalue weighted by Gasteiger charge is -2.12. The largest absolute Gasteiger partial charge is 0.495 e. The van der Waals surface area contributed by atoms with E-state index >= 15 is 0 Å². The summed E-state index contributed by atoms with van der Waals surface area (Å²) in [5, 5.41) is 2.85. The van der Waals surface area contributed by atoms with E-state index in [9.17, 15) is 18.0 Å². The minimum atomic E-state index is -4.48. The van der Waals surface area contributed by atoms with Gasteiger partial charge in [0.2, 0.25) is 0 Å². The van der Waals surface area contributed by atoms with Crippen LogP contribution in [0.4, 0.5) is 18.9 Å². The molecular weight excluding hydrogens is 411 g/mol. The van der Waals surface area contributed by atoms with Crippen LogP contribution in [0.15, 0.2) is 52.9 Å². The fraction of sp³-hybridized carbons (Fsp3) is 0.150. The molecule has 1 aromatic heterocycles. The minimum absolute atomic E-state index is 0.0913. The molecule has 0 saturated carbocycles. The Morgan fingerprint density at radius 1 is 1.03 bits per heavy atom. The quantitative estimate of drug-likeness (QED) is 0.554. The van der Waals surface area contributed by atoms with Gasteiger partial charge in [0.25, 0.3) is 5.91 Å². The Morgan fingerprint density at radius 3 is 2.41 bits per heavy atom. The van der Waals surface area contributed by atoms with Gasteiger partial charge in [-0.15, -0.1) is 0 Å². The molecule has 1 amide bonds. The van der Waals surface area contributed by atoms with Crippen LogP contribution in [0.3, 0.4) is 0 Å². The molecule has 29 heavy (non-hydrogen) atoms. The summed E-state index contributed by atoms with van der Waals surface area (Å²) in [5.41, 5.74) is -0.334. The molecule has 0 aliphatic carbocycles. The Labute approximate surface area is 169 Å². The Kier molecular flexibility index (Phi) is 5.74. The highest BCUT2D eigenvalue weighted by molar-refractivity contribution is 6.32. The van der Waals surface area contributed by atoms with E-state index in [0.29, 0.717) is 11.5 Å². The number of methoxy groups -OCH3 is 2. The molecule has 3 aromatic rings. The smallest absolute Gasteiger partial charge is 0.416 e. The molecule has 9 heteroatoms. The molecule has 0 atom stereocenters. The molecule has 5 nitrogen and oxygen atoms in total. The third kappa shape index (κ3) is 4.48. The van der Waals surface area contributed by atoms with Gasteiger partial charge in [0, 0.05) is 11.6 Å². The molecule has 3 rings (SSSR count). The number of benzene rings is 2. The predicted octanol–water partition coefficient (Wildman–Crippen LogP) is 5.89. The molecule has 0 aliphatic heterocycles. The van der Waals surface area contributed by atoms with Crippen molar-refractivity contribution in [3.05, 3.63) is 64.9 Å². The van der Waals surface area contributed by atoms with Crippen LogP contribution in [0, 0.1) is 0 Å². The zero-order valence-electron chi connectivity index (χ0n) is 15.3. The fourth-order valence-electron chi connectivity index (χ4n) is 2.61. The van der Waals surface area contributed by atoms with E-state index in [1.807, 2.05) is 0 Å². The van der Waals surface area contributed by atoms with Crippen molar-refractivity contribution in [1.29, 1.82) is 0 Å². The number of anilines is 1. The summed E-state index contributed by atoms with van der Waals surface area (Å²) in [6, 6.07) is 10.4. The Balaban J connectivity index is 1.85. The fourth-order valence-corrected chi connectivity index (χ4v) is 2.85. The number of alkyl halides is 3. The molecule has 0 fully saturated rings. The first kappa shape index (κ1) is 20.6. The summed E-state index contributed by atoms with van der Waals surface area (Å²) in [4.78, 5) is 12.5. The zero-order valence-corrected chi connectivity index (χ0v) is 16.0. The molecule has 0 saturated heterocycles. The third-order valence-electron chi connectivity index (χ3n) is 4.03. The zero-order chi connectivity index (χ0) is 21.2. The van der Waals surface area contributed by atoms with Crippen LogP contribution in [-0.2, 0) is 6.18 Å². The number of furan rings is 1. The summed E-state index contributed by atoms with van der Waals surface area (Å²) in [5.74, 6) is 0.0887. The van der Waals surface area contributed by atoms with E-state index in [1.54, 1.807) is 0 Å². The van der Waals surface area contributed by atoms with Crippen molar-refractivity contribution in [1.82, 2.24) is 0 Å². The minimum Gasteiger partial charge on any atom is -0.495 e. The van der Waals surface area contributed by atoms with Gasteiger partial charge in [-0.1, -0.05) is 23.7 Å². The monoisotopic (exact) mass is 425 g/mol. The summed E-state index contributed by atoms with van der Waals surface area (Å²) < 4.78 is 54.4. The van der Waals surface area contributed by atoms with E-state index in [0.717, 1.165) is 12.1 Å². The number of nitrogens with one attached hydrogen (secondary N) is 1. The molecule has 1 heterocycles. The maximum absolute atomic E-state index is 12.9. The first-order chi connectivity index (χ1) is 13.7. The van der Waals surface area contributed by atoms with Gasteiger partial charge in [0.1, 0.15) is 17.3 Å². The maximum Gasteiger partial charge on any atom is 0.416 e. The molecule has 0 aliphatic rings. The summed E-state index contributed by atoms with van der Waals surface area (Å²) in [6.07, 6.45) is -4.48. The molecular formula is C20H15ClF3NO4. The molecule has 0 radical (unpaired) electrons. The van der Waals surface area contributed by atoms with Gasteiger partial charge < -0.3 is 19.2 Å². The van der Waals surface area contributed by atoms with Gasteiger partial charge in [-0.05, 0) is 30.3 Å². The Morgan fingerprint density at radius 2 is 1.76 bits per heavy atom. The lowest BCUT2D eigenvalue weighted by atomic mass is 10.1. The maximum atomic E-state index is 12.9. The van der Waals surface area contributed by atoms with Crippen LogP contribution < -0.4 is 14.8 Å². The second-order valence-corrected chi connectivity index (χ2v) is 6.29. The molecule has 0 unspecified atom stereocenters. The normalized spacial score (nSPS) is 11.2. The van der Waals surface area contributed by atoms with E-state index in [1.165, 1.54) is 50.6 Å². The van der Waals surface area contributed by atoms with E-state index in [-0.39, 0.29) is 27.8 Å². The van der Waals surface area contributed by atoms with Gasteiger partial charge >= 0.3 is 6.18 Å². The second kappa shape index (κ2) is 8.08. The summed E-state index contributed by atoms with van der Waals surface area (Å²) >= 11 is 6.08. The van der Waals surface area contributed by atoms with Crippen LogP contribution >= 0.6 is 11.6 Å². The molecule has 152 valence electrons. The number of carbonyl (C=O) groups excluding carboxylic acids is 1. The van der Waals surface area contributed by atoms with Crippen LogP contribution in [0.5, 0.6) is 11.5 Å². The van der Waals surface area contributed by atoms with Crippen LogP contribution in [0.1, 0.15) is 16.1 Å². The van der Waals surface area contributed by atoms with Gasteiger partial charge in [0.15, 0.2) is 5.76 Å².